The van der Waals surface area contributed by atoms with E-state index in [-0.39, 0.29) is 5.56 Å². The third-order valence-corrected chi connectivity index (χ3v) is 2.38. The molecule has 2 aromatic heterocycles. The molecule has 2 heterocycles. The second-order valence-corrected chi connectivity index (χ2v) is 3.45. The highest BCUT2D eigenvalue weighted by molar-refractivity contribution is 6.00. The lowest BCUT2D eigenvalue weighted by molar-refractivity contribution is 0.0699. The fourth-order valence-corrected chi connectivity index (χ4v) is 1.61. The molecule has 0 amide bonds. The predicted octanol–water partition coefficient (Wildman–Crippen LogP) is 1.92. The fraction of sp³-hybridized carbons (Fsp3) is 0. The van der Waals surface area contributed by atoms with Crippen molar-refractivity contribution < 1.29 is 14.3 Å². The first-order chi connectivity index (χ1) is 8.25. The van der Waals surface area contributed by atoms with E-state index in [4.69, 9.17) is 9.52 Å². The Morgan fingerprint density at radius 2 is 2.24 bits per heavy atom. The number of nitrogens with one attached hydrogen (secondary N) is 1. The molecule has 0 radical (unpaired) electrons. The summed E-state index contributed by atoms with van der Waals surface area (Å²) in [6, 6.07) is 6.48. The van der Waals surface area contributed by atoms with Crippen LogP contribution in [-0.2, 0) is 0 Å². The van der Waals surface area contributed by atoms with Crippen LogP contribution < -0.4 is 0 Å². The van der Waals surface area contributed by atoms with E-state index >= 15 is 0 Å². The number of aromatic amines is 1. The van der Waals surface area contributed by atoms with Crippen molar-refractivity contribution >= 4 is 17.1 Å². The normalized spacial score (nSPS) is 10.8. The zero-order valence-corrected chi connectivity index (χ0v) is 8.54. The van der Waals surface area contributed by atoms with Crippen LogP contribution in [0.25, 0.3) is 22.7 Å². The smallest absolute Gasteiger partial charge is 0.338 e. The van der Waals surface area contributed by atoms with Gasteiger partial charge in [0.05, 0.1) is 5.56 Å². The van der Waals surface area contributed by atoms with Gasteiger partial charge in [0, 0.05) is 6.20 Å². The maximum Gasteiger partial charge on any atom is 0.338 e. The van der Waals surface area contributed by atoms with Crippen molar-refractivity contribution in [2.45, 2.75) is 0 Å². The molecule has 0 aliphatic carbocycles. The number of aromatic carboxylic acids is 1. The number of para-hydroxylation sites is 1. The molecular formula is C11H7N3O3. The Hall–Kier alpha value is -2.63. The lowest BCUT2D eigenvalue weighted by Gasteiger charge is -1.92. The third-order valence-electron chi connectivity index (χ3n) is 2.38. The SMILES string of the molecule is O=C(O)c1cccc2oc(-c3ccn[nH]3)nc12. The van der Waals surface area contributed by atoms with Gasteiger partial charge in [0.25, 0.3) is 0 Å². The van der Waals surface area contributed by atoms with E-state index in [2.05, 4.69) is 15.2 Å². The minimum Gasteiger partial charge on any atom is -0.478 e. The maximum absolute atomic E-state index is 11.0. The first-order valence-electron chi connectivity index (χ1n) is 4.88. The highest BCUT2D eigenvalue weighted by Gasteiger charge is 2.15. The molecule has 3 rings (SSSR count). The summed E-state index contributed by atoms with van der Waals surface area (Å²) in [6.07, 6.45) is 1.57. The molecule has 1 aromatic carbocycles. The average molecular weight is 229 g/mol. The van der Waals surface area contributed by atoms with Crippen LogP contribution in [0.1, 0.15) is 10.4 Å². The number of hydrogen-bond acceptors (Lipinski definition) is 4. The zero-order chi connectivity index (χ0) is 11.8. The molecule has 0 saturated carbocycles. The molecule has 0 aliphatic heterocycles. The van der Waals surface area contributed by atoms with Crippen molar-refractivity contribution in [3.63, 3.8) is 0 Å². The van der Waals surface area contributed by atoms with Crippen LogP contribution in [0.15, 0.2) is 34.9 Å². The van der Waals surface area contributed by atoms with Crippen LogP contribution in [0.4, 0.5) is 0 Å². The Morgan fingerprint density at radius 3 is 2.94 bits per heavy atom. The molecule has 6 heteroatoms. The zero-order valence-electron chi connectivity index (χ0n) is 8.54. The van der Waals surface area contributed by atoms with Gasteiger partial charge in [-0.2, -0.15) is 5.10 Å². The van der Waals surface area contributed by atoms with E-state index < -0.39 is 5.97 Å². The summed E-state index contributed by atoms with van der Waals surface area (Å²) in [5, 5.41) is 15.5. The van der Waals surface area contributed by atoms with Crippen molar-refractivity contribution in [1.82, 2.24) is 15.2 Å². The Morgan fingerprint density at radius 1 is 1.35 bits per heavy atom. The van der Waals surface area contributed by atoms with Crippen LogP contribution in [0, 0.1) is 0 Å². The standard InChI is InChI=1S/C11H7N3O3/c15-11(16)6-2-1-3-8-9(6)13-10(17-8)7-4-5-12-14-7/h1-5H,(H,12,14)(H,15,16). The Kier molecular flexibility index (Phi) is 1.94. The number of hydrogen-bond donors (Lipinski definition) is 2. The molecule has 84 valence electrons. The van der Waals surface area contributed by atoms with Crippen molar-refractivity contribution in [2.24, 2.45) is 0 Å². The van der Waals surface area contributed by atoms with Gasteiger partial charge in [0.15, 0.2) is 5.58 Å². The molecule has 6 nitrogen and oxygen atoms in total. The quantitative estimate of drug-likeness (QED) is 0.700. The lowest BCUT2D eigenvalue weighted by Crippen LogP contribution is -1.96. The summed E-state index contributed by atoms with van der Waals surface area (Å²) in [5.74, 6) is -0.703. The molecule has 0 fully saturated rings. The van der Waals surface area contributed by atoms with Gasteiger partial charge in [-0.25, -0.2) is 9.78 Å². The molecule has 0 unspecified atom stereocenters. The van der Waals surface area contributed by atoms with E-state index in [0.29, 0.717) is 22.7 Å². The van der Waals surface area contributed by atoms with Crippen LogP contribution in [0.3, 0.4) is 0 Å². The van der Waals surface area contributed by atoms with E-state index in [1.165, 1.54) is 6.07 Å². The van der Waals surface area contributed by atoms with Crippen LogP contribution in [0.5, 0.6) is 0 Å². The minimum absolute atomic E-state index is 0.122. The molecule has 0 bridgehead atoms. The molecule has 2 N–H and O–H groups in total. The second kappa shape index (κ2) is 3.44. The molecule has 0 atom stereocenters. The van der Waals surface area contributed by atoms with Crippen molar-refractivity contribution in [3.8, 4) is 11.6 Å². The molecule has 0 aliphatic rings. The number of carboxylic acid groups (broad SMARTS) is 1. The number of benzene rings is 1. The number of carboxylic acids is 1. The minimum atomic E-state index is -1.03. The van der Waals surface area contributed by atoms with Gasteiger partial charge >= 0.3 is 5.97 Å². The van der Waals surface area contributed by atoms with E-state index in [1.54, 1.807) is 24.4 Å². The highest BCUT2D eigenvalue weighted by atomic mass is 16.4. The number of H-pyrrole nitrogens is 1. The van der Waals surface area contributed by atoms with Gasteiger partial charge in [-0.1, -0.05) is 6.07 Å². The lowest BCUT2D eigenvalue weighted by atomic mass is 10.2. The third kappa shape index (κ3) is 1.46. The van der Waals surface area contributed by atoms with Gasteiger partial charge in [-0.15, -0.1) is 0 Å². The molecule has 3 aromatic rings. The maximum atomic E-state index is 11.0. The number of oxazole rings is 1. The summed E-state index contributed by atoms with van der Waals surface area (Å²) in [7, 11) is 0. The van der Waals surface area contributed by atoms with Gasteiger partial charge in [-0.3, -0.25) is 5.10 Å². The summed E-state index contributed by atoms with van der Waals surface area (Å²) < 4.78 is 5.46. The summed E-state index contributed by atoms with van der Waals surface area (Å²) >= 11 is 0. The number of rotatable bonds is 2. The Bertz CT molecular complexity index is 685. The summed E-state index contributed by atoms with van der Waals surface area (Å²) in [6.45, 7) is 0. The number of aromatic nitrogens is 3. The van der Waals surface area contributed by atoms with Crippen molar-refractivity contribution in [2.75, 3.05) is 0 Å². The summed E-state index contributed by atoms with van der Waals surface area (Å²) in [4.78, 5) is 15.2. The number of carbonyl (C=O) groups is 1. The summed E-state index contributed by atoms with van der Waals surface area (Å²) in [5.41, 5.74) is 1.51. The number of fused-ring (bicyclic) bond motifs is 1. The topological polar surface area (TPSA) is 92.0 Å². The van der Waals surface area contributed by atoms with Crippen LogP contribution in [0.2, 0.25) is 0 Å². The van der Waals surface area contributed by atoms with Gasteiger partial charge in [-0.05, 0) is 18.2 Å². The Balaban J connectivity index is 2.26. The number of nitrogens with zero attached hydrogens (tertiary/aromatic N) is 2. The predicted molar refractivity (Wildman–Crippen MR) is 58.6 cm³/mol. The largest absolute Gasteiger partial charge is 0.478 e. The Labute approximate surface area is 94.9 Å². The van der Waals surface area contributed by atoms with Gasteiger partial charge < -0.3 is 9.52 Å². The molecule has 0 spiro atoms. The second-order valence-electron chi connectivity index (χ2n) is 3.45. The van der Waals surface area contributed by atoms with E-state index in [1.807, 2.05) is 0 Å². The van der Waals surface area contributed by atoms with Crippen LogP contribution >= 0.6 is 0 Å². The van der Waals surface area contributed by atoms with Crippen molar-refractivity contribution in [1.29, 1.82) is 0 Å². The average Bonchev–Trinajstić information content (AvgIpc) is 2.96. The highest BCUT2D eigenvalue weighted by Crippen LogP contribution is 2.24. The van der Waals surface area contributed by atoms with Crippen molar-refractivity contribution in [3.05, 3.63) is 36.0 Å². The molecule has 17 heavy (non-hydrogen) atoms. The first kappa shape index (κ1) is 9.59. The van der Waals surface area contributed by atoms with E-state index in [9.17, 15) is 4.79 Å². The molecule has 0 saturated heterocycles. The monoisotopic (exact) mass is 229 g/mol. The van der Waals surface area contributed by atoms with E-state index in [0.717, 1.165) is 0 Å². The van der Waals surface area contributed by atoms with Crippen LogP contribution in [-0.4, -0.2) is 26.3 Å². The van der Waals surface area contributed by atoms with Gasteiger partial charge in [0.1, 0.15) is 11.2 Å². The van der Waals surface area contributed by atoms with Gasteiger partial charge in [0.2, 0.25) is 5.89 Å². The molecular weight excluding hydrogens is 222 g/mol. The fourth-order valence-electron chi connectivity index (χ4n) is 1.61. The first-order valence-corrected chi connectivity index (χ1v) is 4.88.